The molecular formula is C18H18F3N3O. The summed E-state index contributed by atoms with van der Waals surface area (Å²) in [5, 5.41) is 3.41. The largest absolute Gasteiger partial charge is 0.463 e. The lowest BCUT2D eigenvalue weighted by Crippen LogP contribution is -2.23. The zero-order valence-corrected chi connectivity index (χ0v) is 13.5. The molecule has 4 rings (SSSR count). The molecule has 0 atom stereocenters. The lowest BCUT2D eigenvalue weighted by molar-refractivity contribution is -0.137. The second-order valence-electron chi connectivity index (χ2n) is 6.41. The van der Waals surface area contributed by atoms with Gasteiger partial charge in [0.05, 0.1) is 11.8 Å². The van der Waals surface area contributed by atoms with Crippen LogP contribution in [-0.4, -0.2) is 15.4 Å². The first kappa shape index (κ1) is 16.1. The molecule has 0 unspecified atom stereocenters. The van der Waals surface area contributed by atoms with Gasteiger partial charge >= 0.3 is 6.18 Å². The number of anilines is 1. The second kappa shape index (κ2) is 6.13. The van der Waals surface area contributed by atoms with E-state index in [1.807, 2.05) is 0 Å². The van der Waals surface area contributed by atoms with E-state index in [9.17, 15) is 13.2 Å². The lowest BCUT2D eigenvalue weighted by Gasteiger charge is -2.24. The van der Waals surface area contributed by atoms with Gasteiger partial charge in [-0.15, -0.1) is 0 Å². The maximum absolute atomic E-state index is 13.1. The van der Waals surface area contributed by atoms with Crippen LogP contribution in [0.3, 0.4) is 0 Å². The van der Waals surface area contributed by atoms with E-state index in [2.05, 4.69) is 10.3 Å². The molecule has 0 radical (unpaired) electrons. The molecule has 0 aliphatic heterocycles. The number of nitrogens with one attached hydrogen (secondary N) is 1. The SMILES string of the molecule is FC(F)(F)c1ccc2nc(-c3ccco3)c(NC3CCCCC3)n2c1. The normalized spacial score (nSPS) is 16.4. The van der Waals surface area contributed by atoms with Crippen molar-refractivity contribution < 1.29 is 17.6 Å². The molecule has 0 spiro atoms. The van der Waals surface area contributed by atoms with Gasteiger partial charge in [-0.1, -0.05) is 19.3 Å². The average molecular weight is 349 g/mol. The number of alkyl halides is 3. The van der Waals surface area contributed by atoms with E-state index < -0.39 is 11.7 Å². The van der Waals surface area contributed by atoms with Crippen molar-refractivity contribution in [1.82, 2.24) is 9.38 Å². The average Bonchev–Trinajstić information content (AvgIpc) is 3.23. The van der Waals surface area contributed by atoms with Gasteiger partial charge in [0.15, 0.2) is 5.76 Å². The minimum atomic E-state index is -4.40. The number of furan rings is 1. The Morgan fingerprint density at radius 1 is 1.12 bits per heavy atom. The van der Waals surface area contributed by atoms with Crippen molar-refractivity contribution in [2.45, 2.75) is 44.3 Å². The fraction of sp³-hybridized carbons (Fsp3) is 0.389. The quantitative estimate of drug-likeness (QED) is 0.692. The van der Waals surface area contributed by atoms with E-state index in [0.29, 0.717) is 22.9 Å². The smallest absolute Gasteiger partial charge is 0.417 e. The number of halogens is 3. The Morgan fingerprint density at radius 3 is 2.60 bits per heavy atom. The fourth-order valence-electron chi connectivity index (χ4n) is 3.38. The third-order valence-electron chi connectivity index (χ3n) is 4.65. The zero-order chi connectivity index (χ0) is 17.4. The molecule has 1 fully saturated rings. The van der Waals surface area contributed by atoms with Crippen LogP contribution in [0, 0.1) is 0 Å². The van der Waals surface area contributed by atoms with Gasteiger partial charge in [-0.05, 0) is 37.1 Å². The van der Waals surface area contributed by atoms with E-state index in [1.54, 1.807) is 12.1 Å². The van der Waals surface area contributed by atoms with Gasteiger partial charge in [0, 0.05) is 12.2 Å². The number of hydrogen-bond donors (Lipinski definition) is 1. The molecule has 3 heterocycles. The lowest BCUT2D eigenvalue weighted by atomic mass is 9.95. The van der Waals surface area contributed by atoms with E-state index in [-0.39, 0.29) is 6.04 Å². The fourth-order valence-corrected chi connectivity index (χ4v) is 3.38. The standard InChI is InChI=1S/C18H18F3N3O/c19-18(20,21)12-8-9-15-23-16(14-7-4-10-25-14)17(24(15)11-12)22-13-5-2-1-3-6-13/h4,7-11,13,22H,1-3,5-6H2. The van der Waals surface area contributed by atoms with Crippen molar-refractivity contribution in [1.29, 1.82) is 0 Å². The van der Waals surface area contributed by atoms with Gasteiger partial charge in [-0.2, -0.15) is 13.2 Å². The maximum atomic E-state index is 13.1. The van der Waals surface area contributed by atoms with Crippen LogP contribution in [-0.2, 0) is 6.18 Å². The summed E-state index contributed by atoms with van der Waals surface area (Å²) in [5.41, 5.74) is 0.294. The first-order valence-corrected chi connectivity index (χ1v) is 8.42. The number of imidazole rings is 1. The minimum absolute atomic E-state index is 0.233. The molecule has 0 aromatic carbocycles. The van der Waals surface area contributed by atoms with Crippen molar-refractivity contribution in [3.05, 3.63) is 42.3 Å². The van der Waals surface area contributed by atoms with Crippen molar-refractivity contribution in [2.75, 3.05) is 5.32 Å². The molecule has 3 aromatic heterocycles. The van der Waals surface area contributed by atoms with Gasteiger partial charge in [0.2, 0.25) is 0 Å². The number of rotatable bonds is 3. The van der Waals surface area contributed by atoms with Crippen molar-refractivity contribution in [2.24, 2.45) is 0 Å². The van der Waals surface area contributed by atoms with E-state index in [4.69, 9.17) is 4.42 Å². The topological polar surface area (TPSA) is 42.5 Å². The van der Waals surface area contributed by atoms with Crippen LogP contribution in [0.5, 0.6) is 0 Å². The molecule has 132 valence electrons. The molecule has 1 aliphatic carbocycles. The van der Waals surface area contributed by atoms with Gasteiger partial charge < -0.3 is 9.73 Å². The van der Waals surface area contributed by atoms with Gasteiger partial charge in [-0.3, -0.25) is 4.40 Å². The molecular weight excluding hydrogens is 331 g/mol. The summed E-state index contributed by atoms with van der Waals surface area (Å²) in [6.07, 6.45) is 3.69. The number of aromatic nitrogens is 2. The third kappa shape index (κ3) is 3.10. The zero-order valence-electron chi connectivity index (χ0n) is 13.5. The first-order chi connectivity index (χ1) is 12.0. The molecule has 0 bridgehead atoms. The molecule has 0 amide bonds. The summed E-state index contributed by atoms with van der Waals surface area (Å²) in [5.74, 6) is 1.10. The minimum Gasteiger partial charge on any atom is -0.463 e. The van der Waals surface area contributed by atoms with E-state index in [1.165, 1.54) is 23.2 Å². The molecule has 3 aromatic rings. The van der Waals surface area contributed by atoms with Crippen LogP contribution >= 0.6 is 0 Å². The Bertz CT molecular complexity index is 862. The second-order valence-corrected chi connectivity index (χ2v) is 6.41. The summed E-state index contributed by atoms with van der Waals surface area (Å²) in [6.45, 7) is 0. The van der Waals surface area contributed by atoms with Gasteiger partial charge in [-0.25, -0.2) is 4.98 Å². The number of fused-ring (bicyclic) bond motifs is 1. The molecule has 1 saturated carbocycles. The Kier molecular flexibility index (Phi) is 3.94. The van der Waals surface area contributed by atoms with Crippen molar-refractivity contribution >= 4 is 11.5 Å². The summed E-state index contributed by atoms with van der Waals surface area (Å²) in [6, 6.07) is 6.18. The van der Waals surface area contributed by atoms with E-state index in [0.717, 1.165) is 37.9 Å². The van der Waals surface area contributed by atoms with Gasteiger partial charge in [0.1, 0.15) is 17.2 Å². The predicted molar refractivity (Wildman–Crippen MR) is 88.4 cm³/mol. The number of pyridine rings is 1. The van der Waals surface area contributed by atoms with Crippen LogP contribution in [0.25, 0.3) is 17.1 Å². The molecule has 7 heteroatoms. The highest BCUT2D eigenvalue weighted by molar-refractivity contribution is 5.73. The molecule has 4 nitrogen and oxygen atoms in total. The summed E-state index contributed by atoms with van der Waals surface area (Å²) >= 11 is 0. The highest BCUT2D eigenvalue weighted by Gasteiger charge is 2.32. The molecule has 0 saturated heterocycles. The Labute approximate surface area is 142 Å². The predicted octanol–water partition coefficient (Wildman–Crippen LogP) is 5.36. The van der Waals surface area contributed by atoms with E-state index >= 15 is 0 Å². The highest BCUT2D eigenvalue weighted by atomic mass is 19.4. The van der Waals surface area contributed by atoms with Crippen LogP contribution in [0.1, 0.15) is 37.7 Å². The summed E-state index contributed by atoms with van der Waals surface area (Å²) < 4.78 is 46.3. The molecule has 25 heavy (non-hydrogen) atoms. The van der Waals surface area contributed by atoms with Crippen LogP contribution in [0.2, 0.25) is 0 Å². The Balaban J connectivity index is 1.83. The first-order valence-electron chi connectivity index (χ1n) is 8.42. The van der Waals surface area contributed by atoms with Crippen LogP contribution in [0.15, 0.2) is 41.1 Å². The number of nitrogens with zero attached hydrogens (tertiary/aromatic N) is 2. The highest BCUT2D eigenvalue weighted by Crippen LogP contribution is 2.34. The molecule has 1 aliphatic rings. The van der Waals surface area contributed by atoms with Crippen LogP contribution < -0.4 is 5.32 Å². The Hall–Kier alpha value is -2.44. The summed E-state index contributed by atoms with van der Waals surface area (Å²) in [4.78, 5) is 4.48. The third-order valence-corrected chi connectivity index (χ3v) is 4.65. The maximum Gasteiger partial charge on any atom is 0.417 e. The van der Waals surface area contributed by atoms with Crippen molar-refractivity contribution in [3.8, 4) is 11.5 Å². The Morgan fingerprint density at radius 2 is 1.92 bits per heavy atom. The number of hydrogen-bond acceptors (Lipinski definition) is 3. The summed E-state index contributed by atoms with van der Waals surface area (Å²) in [7, 11) is 0. The van der Waals surface area contributed by atoms with Crippen LogP contribution in [0.4, 0.5) is 19.0 Å². The molecule has 1 N–H and O–H groups in total. The van der Waals surface area contributed by atoms with Gasteiger partial charge in [0.25, 0.3) is 0 Å². The monoisotopic (exact) mass is 349 g/mol. The van der Waals surface area contributed by atoms with Crippen molar-refractivity contribution in [3.63, 3.8) is 0 Å².